The summed E-state index contributed by atoms with van der Waals surface area (Å²) in [6.07, 6.45) is 1.03. The van der Waals surface area contributed by atoms with Crippen molar-refractivity contribution in [2.45, 2.75) is 19.4 Å². The molecule has 0 saturated carbocycles. The van der Waals surface area contributed by atoms with E-state index in [1.807, 2.05) is 0 Å². The second kappa shape index (κ2) is 8.16. The van der Waals surface area contributed by atoms with Crippen LogP contribution in [0.25, 0.3) is 0 Å². The summed E-state index contributed by atoms with van der Waals surface area (Å²) in [6, 6.07) is 3.71. The lowest BCUT2D eigenvalue weighted by atomic mass is 10.2. The largest absolute Gasteiger partial charge is 0.495 e. The molecule has 1 unspecified atom stereocenters. The van der Waals surface area contributed by atoms with Gasteiger partial charge in [0.2, 0.25) is 11.8 Å². The Bertz CT molecular complexity index is 690. The summed E-state index contributed by atoms with van der Waals surface area (Å²) in [4.78, 5) is 23.6. The third-order valence-electron chi connectivity index (χ3n) is 2.89. The van der Waals surface area contributed by atoms with E-state index in [0.29, 0.717) is 16.5 Å². The molecule has 0 bridgehead atoms. The van der Waals surface area contributed by atoms with Crippen LogP contribution < -0.4 is 15.4 Å². The Balaban J connectivity index is 2.92. The van der Waals surface area contributed by atoms with E-state index in [0.717, 1.165) is 6.26 Å². The Hall–Kier alpha value is -1.80. The molecule has 0 aromatic heterocycles. The molecule has 9 heteroatoms. The van der Waals surface area contributed by atoms with Crippen molar-refractivity contribution in [2.24, 2.45) is 0 Å². The quantitative estimate of drug-likeness (QED) is 0.759. The third kappa shape index (κ3) is 6.87. The second-order valence-corrected chi connectivity index (χ2v) is 7.70. The molecular weight excluding hydrogens is 344 g/mol. The molecule has 0 radical (unpaired) electrons. The minimum Gasteiger partial charge on any atom is -0.495 e. The Morgan fingerprint density at radius 3 is 2.52 bits per heavy atom. The first kappa shape index (κ1) is 19.2. The van der Waals surface area contributed by atoms with Crippen molar-refractivity contribution in [1.29, 1.82) is 0 Å². The summed E-state index contributed by atoms with van der Waals surface area (Å²) in [5.41, 5.74) is 0.333. The van der Waals surface area contributed by atoms with Crippen LogP contribution in [0, 0.1) is 0 Å². The van der Waals surface area contributed by atoms with Gasteiger partial charge in [-0.1, -0.05) is 11.6 Å². The van der Waals surface area contributed by atoms with Gasteiger partial charge in [-0.15, -0.1) is 0 Å². The number of carbonyl (C=O) groups is 2. The minimum absolute atomic E-state index is 0.0346. The molecule has 0 saturated heterocycles. The lowest BCUT2D eigenvalue weighted by Crippen LogP contribution is -2.44. The Labute approximate surface area is 140 Å². The monoisotopic (exact) mass is 362 g/mol. The number of hydrogen-bond acceptors (Lipinski definition) is 5. The van der Waals surface area contributed by atoms with Crippen molar-refractivity contribution in [3.8, 4) is 5.75 Å². The van der Waals surface area contributed by atoms with E-state index in [1.165, 1.54) is 20.1 Å². The zero-order valence-corrected chi connectivity index (χ0v) is 14.6. The number of hydrogen-bond donors (Lipinski definition) is 2. The molecule has 1 atom stereocenters. The maximum atomic E-state index is 12.3. The predicted molar refractivity (Wildman–Crippen MR) is 88.6 cm³/mol. The van der Waals surface area contributed by atoms with Gasteiger partial charge in [-0.05, 0) is 24.6 Å². The molecule has 2 N–H and O–H groups in total. The molecule has 1 rings (SSSR count). The smallest absolute Gasteiger partial charge is 0.247 e. The zero-order valence-electron chi connectivity index (χ0n) is 13.1. The lowest BCUT2D eigenvalue weighted by Gasteiger charge is -2.18. The first-order valence-corrected chi connectivity index (χ1v) is 9.15. The van der Waals surface area contributed by atoms with Crippen molar-refractivity contribution >= 4 is 38.9 Å². The fraction of sp³-hybridized carbons (Fsp3) is 0.429. The number of anilines is 1. The summed E-state index contributed by atoms with van der Waals surface area (Å²) in [5.74, 6) is -0.813. The van der Waals surface area contributed by atoms with E-state index in [1.54, 1.807) is 12.1 Å². The highest BCUT2D eigenvalue weighted by Gasteiger charge is 2.22. The Kier molecular flexibility index (Phi) is 6.83. The summed E-state index contributed by atoms with van der Waals surface area (Å²) >= 11 is 5.89. The van der Waals surface area contributed by atoms with Gasteiger partial charge >= 0.3 is 0 Å². The van der Waals surface area contributed by atoms with Crippen LogP contribution in [-0.4, -0.2) is 45.4 Å². The van der Waals surface area contributed by atoms with Crippen molar-refractivity contribution in [1.82, 2.24) is 5.32 Å². The van der Waals surface area contributed by atoms with Crippen LogP contribution in [0.15, 0.2) is 18.2 Å². The van der Waals surface area contributed by atoms with Crippen LogP contribution in [0.1, 0.15) is 13.3 Å². The molecule has 0 spiro atoms. The summed E-state index contributed by atoms with van der Waals surface area (Å²) in [7, 11) is -1.82. The van der Waals surface area contributed by atoms with Gasteiger partial charge in [0.1, 0.15) is 21.6 Å². The average Bonchev–Trinajstić information content (AvgIpc) is 2.42. The number of amides is 2. The van der Waals surface area contributed by atoms with Crippen LogP contribution in [-0.2, 0) is 19.4 Å². The number of rotatable bonds is 7. The number of methoxy groups -OCH3 is 1. The Morgan fingerprint density at radius 1 is 1.35 bits per heavy atom. The van der Waals surface area contributed by atoms with E-state index >= 15 is 0 Å². The number of carbonyl (C=O) groups excluding carboxylic acids is 2. The normalized spacial score (nSPS) is 12.3. The van der Waals surface area contributed by atoms with Gasteiger partial charge in [0, 0.05) is 18.2 Å². The van der Waals surface area contributed by atoms with E-state index in [-0.39, 0.29) is 12.2 Å². The maximum absolute atomic E-state index is 12.3. The standard InChI is InChI=1S/C14H19ClN2O5S/c1-9(18)16-11(6-7-23(3,20)21)14(19)17-12-8-10(15)4-5-13(12)22-2/h4-5,8,11H,6-7H2,1-3H3,(H,16,18)(H,17,19). The van der Waals surface area contributed by atoms with E-state index in [2.05, 4.69) is 10.6 Å². The minimum atomic E-state index is -3.26. The fourth-order valence-electron chi connectivity index (χ4n) is 1.84. The van der Waals surface area contributed by atoms with Crippen LogP contribution in [0.5, 0.6) is 5.75 Å². The molecule has 2 amide bonds. The van der Waals surface area contributed by atoms with Crippen LogP contribution in [0.3, 0.4) is 0 Å². The third-order valence-corrected chi connectivity index (χ3v) is 4.10. The highest BCUT2D eigenvalue weighted by Crippen LogP contribution is 2.27. The molecule has 0 aliphatic carbocycles. The van der Waals surface area contributed by atoms with Crippen molar-refractivity contribution in [3.63, 3.8) is 0 Å². The molecule has 0 aliphatic heterocycles. The van der Waals surface area contributed by atoms with Gasteiger partial charge in [-0.25, -0.2) is 8.42 Å². The van der Waals surface area contributed by atoms with Crippen molar-refractivity contribution in [3.05, 3.63) is 23.2 Å². The van der Waals surface area contributed by atoms with Crippen LogP contribution in [0.2, 0.25) is 5.02 Å². The maximum Gasteiger partial charge on any atom is 0.247 e. The topological polar surface area (TPSA) is 102 Å². The Morgan fingerprint density at radius 2 is 2.00 bits per heavy atom. The molecule has 1 aromatic carbocycles. The second-order valence-electron chi connectivity index (χ2n) is 5.01. The SMILES string of the molecule is COc1ccc(Cl)cc1NC(=O)C(CCS(C)(=O)=O)NC(C)=O. The van der Waals surface area contributed by atoms with E-state index < -0.39 is 27.7 Å². The van der Waals surface area contributed by atoms with Gasteiger partial charge in [0.15, 0.2) is 0 Å². The molecule has 0 fully saturated rings. The van der Waals surface area contributed by atoms with E-state index in [9.17, 15) is 18.0 Å². The zero-order chi connectivity index (χ0) is 17.6. The molecule has 1 aromatic rings. The van der Waals surface area contributed by atoms with Gasteiger partial charge in [-0.3, -0.25) is 9.59 Å². The number of sulfone groups is 1. The number of nitrogens with one attached hydrogen (secondary N) is 2. The van der Waals surface area contributed by atoms with Crippen molar-refractivity contribution < 1.29 is 22.7 Å². The van der Waals surface area contributed by atoms with Gasteiger partial charge < -0.3 is 15.4 Å². The fourth-order valence-corrected chi connectivity index (χ4v) is 2.68. The average molecular weight is 363 g/mol. The summed E-state index contributed by atoms with van der Waals surface area (Å²) in [6.45, 7) is 1.25. The number of halogens is 1. The molecule has 7 nitrogen and oxygen atoms in total. The van der Waals surface area contributed by atoms with Crippen LogP contribution >= 0.6 is 11.6 Å². The predicted octanol–water partition coefficient (Wildman–Crippen LogP) is 1.23. The first-order chi connectivity index (χ1) is 10.6. The molecule has 128 valence electrons. The van der Waals surface area contributed by atoms with E-state index in [4.69, 9.17) is 16.3 Å². The molecule has 0 heterocycles. The molecular formula is C14H19ClN2O5S. The van der Waals surface area contributed by atoms with Gasteiger partial charge in [-0.2, -0.15) is 0 Å². The summed E-state index contributed by atoms with van der Waals surface area (Å²) < 4.78 is 27.7. The number of ether oxygens (including phenoxy) is 1. The van der Waals surface area contributed by atoms with Crippen molar-refractivity contribution in [2.75, 3.05) is 24.4 Å². The lowest BCUT2D eigenvalue weighted by molar-refractivity contribution is -0.125. The summed E-state index contributed by atoms with van der Waals surface area (Å²) in [5, 5.41) is 5.42. The van der Waals surface area contributed by atoms with Crippen LogP contribution in [0.4, 0.5) is 5.69 Å². The van der Waals surface area contributed by atoms with Gasteiger partial charge in [0.25, 0.3) is 0 Å². The number of benzene rings is 1. The highest BCUT2D eigenvalue weighted by atomic mass is 35.5. The van der Waals surface area contributed by atoms with Gasteiger partial charge in [0.05, 0.1) is 18.6 Å². The molecule has 0 aliphatic rings. The highest BCUT2D eigenvalue weighted by molar-refractivity contribution is 7.90. The first-order valence-electron chi connectivity index (χ1n) is 6.71. The molecule has 23 heavy (non-hydrogen) atoms.